The fourth-order valence-electron chi connectivity index (χ4n) is 0.916. The zero-order valence-electron chi connectivity index (χ0n) is 6.37. The summed E-state index contributed by atoms with van der Waals surface area (Å²) in [6.45, 7) is -0.234. The first-order valence-electron chi connectivity index (χ1n) is 3.54. The molecule has 0 heterocycles. The van der Waals surface area contributed by atoms with Gasteiger partial charge in [-0.15, -0.1) is 0 Å². The van der Waals surface area contributed by atoms with Gasteiger partial charge in [0.2, 0.25) is 0 Å². The van der Waals surface area contributed by atoms with Crippen LogP contribution in [-0.2, 0) is 0 Å². The maximum absolute atomic E-state index is 12.4. The number of rotatable bonds is 2. The van der Waals surface area contributed by atoms with Crippen LogP contribution in [0.4, 0.5) is 4.39 Å². The molecule has 1 rings (SSSR count). The summed E-state index contributed by atoms with van der Waals surface area (Å²) in [7, 11) is 0. The molecule has 12 heavy (non-hydrogen) atoms. The highest BCUT2D eigenvalue weighted by Crippen LogP contribution is 2.14. The predicted molar refractivity (Wildman–Crippen MR) is 41.8 cm³/mol. The van der Waals surface area contributed by atoms with Gasteiger partial charge in [0.25, 0.3) is 0 Å². The van der Waals surface area contributed by atoms with Crippen LogP contribution in [0.1, 0.15) is 11.5 Å². The van der Waals surface area contributed by atoms with Crippen molar-refractivity contribution >= 4 is 0 Å². The second-order valence-corrected chi connectivity index (χ2v) is 2.42. The van der Waals surface area contributed by atoms with E-state index in [-0.39, 0.29) is 12.4 Å². The third-order valence-electron chi connectivity index (χ3n) is 1.61. The molecule has 0 fully saturated rings. The topological polar surface area (TPSA) is 44.0 Å². The van der Waals surface area contributed by atoms with Gasteiger partial charge in [-0.25, -0.2) is 4.39 Å². The summed E-state index contributed by atoms with van der Waals surface area (Å²) in [5, 5.41) is 17.3. The molecule has 62 valence electrons. The van der Waals surface area contributed by atoms with Gasteiger partial charge >= 0.3 is 0 Å². The van der Waals surface area contributed by atoms with E-state index in [1.165, 1.54) is 24.3 Å². The van der Waals surface area contributed by atoms with Gasteiger partial charge in [-0.1, -0.05) is 12.1 Å². The second-order valence-electron chi connectivity index (χ2n) is 2.42. The van der Waals surface area contributed by atoms with E-state index >= 15 is 0 Å². The molecule has 0 aliphatic heterocycles. The van der Waals surface area contributed by atoms with Gasteiger partial charge in [0, 0.05) is 0 Å². The van der Waals surface area contributed by atoms with Gasteiger partial charge in [0.15, 0.2) is 0 Å². The van der Waals surface area contributed by atoms with Crippen LogP contribution in [0.15, 0.2) is 24.3 Å². The normalized spacial score (nSPS) is 12.1. The van der Waals surface area contributed by atoms with Crippen LogP contribution in [0.3, 0.4) is 0 Å². The molecule has 2 nitrogen and oxygen atoms in total. The Balaban J connectivity index is 2.89. The predicted octanol–water partition coefficient (Wildman–Crippen LogP) is 1.43. The molecule has 0 saturated heterocycles. The first kappa shape index (κ1) is 8.69. The number of aliphatic hydroxyl groups is 1. The lowest BCUT2D eigenvalue weighted by Gasteiger charge is -2.03. The van der Waals surface area contributed by atoms with Crippen molar-refractivity contribution in [3.63, 3.8) is 0 Å². The molecule has 0 aliphatic carbocycles. The van der Waals surface area contributed by atoms with Gasteiger partial charge in [-0.3, -0.25) is 0 Å². The number of nitriles is 1. The van der Waals surface area contributed by atoms with E-state index in [2.05, 4.69) is 0 Å². The molecule has 1 aromatic rings. The molecule has 1 unspecified atom stereocenters. The van der Waals surface area contributed by atoms with E-state index in [0.717, 1.165) is 0 Å². The summed E-state index contributed by atoms with van der Waals surface area (Å²) in [6.07, 6.45) is 0. The molecular weight excluding hydrogens is 157 g/mol. The second kappa shape index (κ2) is 3.84. The molecule has 3 heteroatoms. The Morgan fingerprint density at radius 2 is 2.00 bits per heavy atom. The zero-order valence-corrected chi connectivity index (χ0v) is 6.37. The van der Waals surface area contributed by atoms with Crippen molar-refractivity contribution < 1.29 is 9.50 Å². The number of halogens is 1. The van der Waals surface area contributed by atoms with Crippen molar-refractivity contribution in [3.8, 4) is 6.07 Å². The van der Waals surface area contributed by atoms with Crippen molar-refractivity contribution in [2.24, 2.45) is 0 Å². The van der Waals surface area contributed by atoms with E-state index in [1.54, 1.807) is 0 Å². The summed E-state index contributed by atoms with van der Waals surface area (Å²) in [5.41, 5.74) is 0.640. The quantitative estimate of drug-likeness (QED) is 0.720. The van der Waals surface area contributed by atoms with E-state index in [4.69, 9.17) is 10.4 Å². The van der Waals surface area contributed by atoms with Gasteiger partial charge in [-0.2, -0.15) is 5.26 Å². The fraction of sp³-hybridized carbons (Fsp3) is 0.222. The van der Waals surface area contributed by atoms with Gasteiger partial charge in [-0.05, 0) is 17.7 Å². The Kier molecular flexibility index (Phi) is 2.78. The number of hydrogen-bond acceptors (Lipinski definition) is 2. The average molecular weight is 165 g/mol. The van der Waals surface area contributed by atoms with Gasteiger partial charge < -0.3 is 5.11 Å². The van der Waals surface area contributed by atoms with Crippen LogP contribution >= 0.6 is 0 Å². The Hall–Kier alpha value is -1.40. The molecule has 0 saturated carbocycles. The van der Waals surface area contributed by atoms with E-state index < -0.39 is 5.92 Å². The molecule has 0 spiro atoms. The minimum atomic E-state index is -0.550. The number of aliphatic hydroxyl groups excluding tert-OH is 1. The summed E-state index contributed by atoms with van der Waals surface area (Å²) in [4.78, 5) is 0. The van der Waals surface area contributed by atoms with Crippen molar-refractivity contribution in [1.29, 1.82) is 5.26 Å². The summed E-state index contributed by atoms with van der Waals surface area (Å²) >= 11 is 0. The van der Waals surface area contributed by atoms with Crippen molar-refractivity contribution in [2.75, 3.05) is 6.61 Å². The Morgan fingerprint density at radius 3 is 2.42 bits per heavy atom. The number of benzene rings is 1. The van der Waals surface area contributed by atoms with Gasteiger partial charge in [0.1, 0.15) is 5.82 Å². The first-order chi connectivity index (χ1) is 5.77. The van der Waals surface area contributed by atoms with Crippen LogP contribution in [0.2, 0.25) is 0 Å². The zero-order chi connectivity index (χ0) is 8.97. The molecule has 0 radical (unpaired) electrons. The monoisotopic (exact) mass is 165 g/mol. The Labute approximate surface area is 69.9 Å². The SMILES string of the molecule is N#CC(CO)c1ccc(F)cc1. The number of nitrogens with zero attached hydrogens (tertiary/aromatic N) is 1. The lowest BCUT2D eigenvalue weighted by atomic mass is 10.0. The van der Waals surface area contributed by atoms with Crippen molar-refractivity contribution in [3.05, 3.63) is 35.6 Å². The van der Waals surface area contributed by atoms with Crippen LogP contribution in [0, 0.1) is 17.1 Å². The van der Waals surface area contributed by atoms with E-state index in [9.17, 15) is 4.39 Å². The lowest BCUT2D eigenvalue weighted by Crippen LogP contribution is -2.00. The summed E-state index contributed by atoms with van der Waals surface area (Å²) in [5.74, 6) is -0.890. The van der Waals surface area contributed by atoms with Crippen LogP contribution < -0.4 is 0 Å². The summed E-state index contributed by atoms with van der Waals surface area (Å²) in [6, 6.07) is 7.46. The Bertz CT molecular complexity index is 288. The van der Waals surface area contributed by atoms with Crippen LogP contribution in [-0.4, -0.2) is 11.7 Å². The molecule has 1 N–H and O–H groups in total. The molecule has 1 aromatic carbocycles. The largest absolute Gasteiger partial charge is 0.395 e. The Morgan fingerprint density at radius 1 is 1.42 bits per heavy atom. The molecular formula is C9H8FNO. The molecule has 0 aromatic heterocycles. The molecule has 0 aliphatic rings. The third-order valence-corrected chi connectivity index (χ3v) is 1.61. The minimum Gasteiger partial charge on any atom is -0.395 e. The van der Waals surface area contributed by atoms with E-state index in [1.807, 2.05) is 6.07 Å². The minimum absolute atomic E-state index is 0.234. The molecule has 1 atom stereocenters. The fourth-order valence-corrected chi connectivity index (χ4v) is 0.916. The highest BCUT2D eigenvalue weighted by Gasteiger charge is 2.07. The van der Waals surface area contributed by atoms with E-state index in [0.29, 0.717) is 5.56 Å². The highest BCUT2D eigenvalue weighted by molar-refractivity contribution is 5.25. The first-order valence-corrected chi connectivity index (χ1v) is 3.54. The molecule has 0 bridgehead atoms. The van der Waals surface area contributed by atoms with Crippen LogP contribution in [0.25, 0.3) is 0 Å². The highest BCUT2D eigenvalue weighted by atomic mass is 19.1. The van der Waals surface area contributed by atoms with Gasteiger partial charge in [0.05, 0.1) is 18.6 Å². The third kappa shape index (κ3) is 1.80. The maximum atomic E-state index is 12.4. The van der Waals surface area contributed by atoms with Crippen LogP contribution in [0.5, 0.6) is 0 Å². The van der Waals surface area contributed by atoms with Crippen molar-refractivity contribution in [1.82, 2.24) is 0 Å². The summed E-state index contributed by atoms with van der Waals surface area (Å²) < 4.78 is 12.4. The number of hydrogen-bond donors (Lipinski definition) is 1. The standard InChI is InChI=1S/C9H8FNO/c10-9-3-1-7(2-4-9)8(5-11)6-12/h1-4,8,12H,6H2. The van der Waals surface area contributed by atoms with Crippen molar-refractivity contribution in [2.45, 2.75) is 5.92 Å². The smallest absolute Gasteiger partial charge is 0.123 e. The molecule has 0 amide bonds. The maximum Gasteiger partial charge on any atom is 0.123 e. The lowest BCUT2D eigenvalue weighted by molar-refractivity contribution is 0.286. The average Bonchev–Trinajstić information content (AvgIpc) is 2.10.